The first-order chi connectivity index (χ1) is 7.63. The standard InChI is InChI=1S/C10H9N3O3/c11-5-7-1-2-8(13-6-7)10(16)12-4-3-9(14)15/h1-2,6H,3-4H2,(H,12,16)(H,14,15). The van der Waals surface area contributed by atoms with Crippen molar-refractivity contribution in [3.05, 3.63) is 29.6 Å². The maximum atomic E-state index is 11.4. The van der Waals surface area contributed by atoms with E-state index in [4.69, 9.17) is 10.4 Å². The average Bonchev–Trinajstić information content (AvgIpc) is 2.28. The molecule has 0 radical (unpaired) electrons. The molecule has 0 fully saturated rings. The number of aromatic nitrogens is 1. The number of hydrogen-bond donors (Lipinski definition) is 2. The molecule has 1 amide bonds. The molecule has 0 unspecified atom stereocenters. The van der Waals surface area contributed by atoms with Crippen molar-refractivity contribution in [2.75, 3.05) is 6.54 Å². The summed E-state index contributed by atoms with van der Waals surface area (Å²) in [6.07, 6.45) is 1.15. The Morgan fingerprint density at radius 3 is 2.75 bits per heavy atom. The van der Waals surface area contributed by atoms with Gasteiger partial charge in [0.2, 0.25) is 0 Å². The lowest BCUT2D eigenvalue weighted by molar-refractivity contribution is -0.136. The zero-order valence-corrected chi connectivity index (χ0v) is 8.30. The summed E-state index contributed by atoms with van der Waals surface area (Å²) < 4.78 is 0. The number of nitriles is 1. The van der Waals surface area contributed by atoms with E-state index in [1.807, 2.05) is 6.07 Å². The minimum atomic E-state index is -0.979. The van der Waals surface area contributed by atoms with Gasteiger partial charge in [0.1, 0.15) is 11.8 Å². The Hall–Kier alpha value is -2.42. The van der Waals surface area contributed by atoms with E-state index in [0.29, 0.717) is 5.56 Å². The van der Waals surface area contributed by atoms with Gasteiger partial charge in [0.15, 0.2) is 0 Å². The van der Waals surface area contributed by atoms with E-state index >= 15 is 0 Å². The van der Waals surface area contributed by atoms with Gasteiger partial charge in [0, 0.05) is 12.7 Å². The van der Waals surface area contributed by atoms with Crippen LogP contribution in [0.15, 0.2) is 18.3 Å². The van der Waals surface area contributed by atoms with E-state index in [9.17, 15) is 9.59 Å². The van der Waals surface area contributed by atoms with E-state index < -0.39 is 11.9 Å². The highest BCUT2D eigenvalue weighted by atomic mass is 16.4. The number of carboxylic acids is 1. The Balaban J connectivity index is 2.53. The van der Waals surface area contributed by atoms with E-state index in [1.54, 1.807) is 0 Å². The Kier molecular flexibility index (Phi) is 3.98. The quantitative estimate of drug-likeness (QED) is 0.750. The summed E-state index contributed by atoms with van der Waals surface area (Å²) in [6, 6.07) is 4.76. The smallest absolute Gasteiger partial charge is 0.305 e. The first kappa shape index (κ1) is 11.7. The fourth-order valence-corrected chi connectivity index (χ4v) is 0.968. The molecule has 0 aliphatic heterocycles. The van der Waals surface area contributed by atoms with Crippen LogP contribution in [-0.2, 0) is 4.79 Å². The van der Waals surface area contributed by atoms with Crippen LogP contribution in [0.2, 0.25) is 0 Å². The molecule has 6 heteroatoms. The summed E-state index contributed by atoms with van der Waals surface area (Å²) in [5.74, 6) is -1.43. The molecule has 1 aromatic heterocycles. The van der Waals surface area contributed by atoms with Crippen LogP contribution in [-0.4, -0.2) is 28.5 Å². The topological polar surface area (TPSA) is 103 Å². The second-order valence-corrected chi connectivity index (χ2v) is 2.94. The normalized spacial score (nSPS) is 9.19. The number of aliphatic carboxylic acids is 1. The van der Waals surface area contributed by atoms with E-state index in [-0.39, 0.29) is 18.7 Å². The molecular formula is C10H9N3O3. The monoisotopic (exact) mass is 219 g/mol. The molecule has 0 spiro atoms. The van der Waals surface area contributed by atoms with Crippen molar-refractivity contribution in [1.29, 1.82) is 5.26 Å². The van der Waals surface area contributed by atoms with Gasteiger partial charge in [-0.15, -0.1) is 0 Å². The van der Waals surface area contributed by atoms with Gasteiger partial charge in [-0.1, -0.05) is 0 Å². The maximum Gasteiger partial charge on any atom is 0.305 e. The van der Waals surface area contributed by atoms with Crippen LogP contribution in [0.25, 0.3) is 0 Å². The Morgan fingerprint density at radius 2 is 2.25 bits per heavy atom. The molecule has 1 heterocycles. The van der Waals surface area contributed by atoms with Crippen LogP contribution < -0.4 is 5.32 Å². The molecule has 1 rings (SSSR count). The predicted octanol–water partition coefficient (Wildman–Crippen LogP) is 0.158. The van der Waals surface area contributed by atoms with E-state index in [0.717, 1.165) is 0 Å². The van der Waals surface area contributed by atoms with Crippen LogP contribution in [0, 0.1) is 11.3 Å². The molecule has 0 atom stereocenters. The molecule has 0 bridgehead atoms. The molecule has 1 aromatic rings. The highest BCUT2D eigenvalue weighted by Gasteiger charge is 2.06. The van der Waals surface area contributed by atoms with Crippen LogP contribution in [0.1, 0.15) is 22.5 Å². The fourth-order valence-electron chi connectivity index (χ4n) is 0.968. The highest BCUT2D eigenvalue weighted by Crippen LogP contribution is 1.98. The summed E-state index contributed by atoms with van der Waals surface area (Å²) in [4.78, 5) is 25.3. The largest absolute Gasteiger partial charge is 0.481 e. The minimum absolute atomic E-state index is 0.0514. The number of amides is 1. The molecule has 0 aliphatic carbocycles. The van der Waals surface area contributed by atoms with Crippen molar-refractivity contribution in [2.45, 2.75) is 6.42 Å². The molecule has 2 N–H and O–H groups in total. The lowest BCUT2D eigenvalue weighted by atomic mass is 10.2. The Bertz CT molecular complexity index is 434. The predicted molar refractivity (Wildman–Crippen MR) is 53.5 cm³/mol. The van der Waals surface area contributed by atoms with Gasteiger partial charge in [-0.3, -0.25) is 9.59 Å². The average molecular weight is 219 g/mol. The van der Waals surface area contributed by atoms with Crippen molar-refractivity contribution >= 4 is 11.9 Å². The van der Waals surface area contributed by atoms with Crippen LogP contribution in [0.4, 0.5) is 0 Å². The van der Waals surface area contributed by atoms with Gasteiger partial charge in [0.25, 0.3) is 5.91 Å². The third-order valence-corrected chi connectivity index (χ3v) is 1.75. The zero-order valence-electron chi connectivity index (χ0n) is 8.30. The zero-order chi connectivity index (χ0) is 12.0. The summed E-state index contributed by atoms with van der Waals surface area (Å²) in [5, 5.41) is 19.3. The van der Waals surface area contributed by atoms with Crippen LogP contribution in [0.5, 0.6) is 0 Å². The number of nitrogens with zero attached hydrogens (tertiary/aromatic N) is 2. The van der Waals surface area contributed by atoms with Crippen molar-refractivity contribution in [3.63, 3.8) is 0 Å². The summed E-state index contributed by atoms with van der Waals surface area (Å²) in [5.41, 5.74) is 0.520. The molecule has 0 aliphatic rings. The van der Waals surface area contributed by atoms with Gasteiger partial charge in [0.05, 0.1) is 12.0 Å². The van der Waals surface area contributed by atoms with E-state index in [2.05, 4.69) is 10.3 Å². The van der Waals surface area contributed by atoms with Crippen molar-refractivity contribution < 1.29 is 14.7 Å². The molecule has 0 saturated heterocycles. The highest BCUT2D eigenvalue weighted by molar-refractivity contribution is 5.92. The van der Waals surface area contributed by atoms with E-state index in [1.165, 1.54) is 18.3 Å². The van der Waals surface area contributed by atoms with Crippen LogP contribution >= 0.6 is 0 Å². The number of nitrogens with one attached hydrogen (secondary N) is 1. The third kappa shape index (κ3) is 3.38. The molecule has 6 nitrogen and oxygen atoms in total. The number of pyridine rings is 1. The summed E-state index contributed by atoms with van der Waals surface area (Å²) >= 11 is 0. The first-order valence-corrected chi connectivity index (χ1v) is 4.49. The van der Waals surface area contributed by atoms with Gasteiger partial charge in [-0.2, -0.15) is 5.26 Å². The fraction of sp³-hybridized carbons (Fsp3) is 0.200. The van der Waals surface area contributed by atoms with Gasteiger partial charge in [-0.25, -0.2) is 4.98 Å². The molecule has 0 saturated carbocycles. The second-order valence-electron chi connectivity index (χ2n) is 2.94. The summed E-state index contributed by atoms with van der Waals surface area (Å²) in [6.45, 7) is 0.0514. The van der Waals surface area contributed by atoms with Gasteiger partial charge >= 0.3 is 5.97 Å². The van der Waals surface area contributed by atoms with Gasteiger partial charge < -0.3 is 10.4 Å². The Morgan fingerprint density at radius 1 is 1.50 bits per heavy atom. The molecule has 16 heavy (non-hydrogen) atoms. The number of carbonyl (C=O) groups is 2. The minimum Gasteiger partial charge on any atom is -0.481 e. The van der Waals surface area contributed by atoms with Crippen molar-refractivity contribution in [2.24, 2.45) is 0 Å². The Labute approximate surface area is 91.5 Å². The molecule has 0 aromatic carbocycles. The lowest BCUT2D eigenvalue weighted by Crippen LogP contribution is -2.26. The first-order valence-electron chi connectivity index (χ1n) is 4.49. The number of carboxylic acid groups (broad SMARTS) is 1. The maximum absolute atomic E-state index is 11.4. The van der Waals surface area contributed by atoms with Crippen molar-refractivity contribution in [3.8, 4) is 6.07 Å². The lowest BCUT2D eigenvalue weighted by Gasteiger charge is -2.02. The second kappa shape index (κ2) is 5.46. The number of carbonyl (C=O) groups excluding carboxylic acids is 1. The molecule has 82 valence electrons. The number of hydrogen-bond acceptors (Lipinski definition) is 4. The summed E-state index contributed by atoms with van der Waals surface area (Å²) in [7, 11) is 0. The molecular weight excluding hydrogens is 210 g/mol. The SMILES string of the molecule is N#Cc1ccc(C(=O)NCCC(=O)O)nc1. The van der Waals surface area contributed by atoms with Crippen LogP contribution in [0.3, 0.4) is 0 Å². The third-order valence-electron chi connectivity index (χ3n) is 1.75. The van der Waals surface area contributed by atoms with Crippen molar-refractivity contribution in [1.82, 2.24) is 10.3 Å². The number of rotatable bonds is 4. The van der Waals surface area contributed by atoms with Gasteiger partial charge in [-0.05, 0) is 12.1 Å².